The van der Waals surface area contributed by atoms with Gasteiger partial charge in [0.1, 0.15) is 5.82 Å². The number of nitrogens with zero attached hydrogens (tertiary/aromatic N) is 2. The minimum Gasteiger partial charge on any atom is -0.382 e. The molecule has 0 aliphatic carbocycles. The van der Waals surface area contributed by atoms with E-state index in [9.17, 15) is 9.18 Å². The van der Waals surface area contributed by atoms with Gasteiger partial charge in [0.2, 0.25) is 0 Å². The lowest BCUT2D eigenvalue weighted by Crippen LogP contribution is -2.15. The average molecular weight is 337 g/mol. The highest BCUT2D eigenvalue weighted by molar-refractivity contribution is 6.03. The van der Waals surface area contributed by atoms with E-state index in [1.807, 2.05) is 12.1 Å². The Morgan fingerprint density at radius 2 is 1.88 bits per heavy atom. The third-order valence-electron chi connectivity index (χ3n) is 3.48. The van der Waals surface area contributed by atoms with Gasteiger partial charge in [-0.25, -0.2) is 14.4 Å². The molecule has 4 N–H and O–H groups in total. The standard InChI is InChI=1S/C18H16FN5O/c19-14-6-2-8-21-16(14)18(25)24-13-5-1-4-12(10-13)11-23-15-7-3-9-22-17(15)20/h1-10,23H,11H2,(H2,20,22)(H,24,25). The summed E-state index contributed by atoms with van der Waals surface area (Å²) in [5.41, 5.74) is 7.74. The van der Waals surface area contributed by atoms with Crippen molar-refractivity contribution in [2.45, 2.75) is 6.54 Å². The highest BCUT2D eigenvalue weighted by Crippen LogP contribution is 2.17. The third-order valence-corrected chi connectivity index (χ3v) is 3.48. The van der Waals surface area contributed by atoms with Crippen molar-refractivity contribution in [2.24, 2.45) is 0 Å². The van der Waals surface area contributed by atoms with Gasteiger partial charge in [0.15, 0.2) is 11.5 Å². The van der Waals surface area contributed by atoms with Crippen LogP contribution in [0.4, 0.5) is 21.6 Å². The van der Waals surface area contributed by atoms with Crippen LogP contribution in [-0.4, -0.2) is 15.9 Å². The van der Waals surface area contributed by atoms with E-state index in [-0.39, 0.29) is 5.69 Å². The van der Waals surface area contributed by atoms with Crippen LogP contribution in [0.25, 0.3) is 0 Å². The first-order valence-electron chi connectivity index (χ1n) is 7.58. The number of hydrogen-bond acceptors (Lipinski definition) is 5. The van der Waals surface area contributed by atoms with Crippen molar-refractivity contribution in [1.29, 1.82) is 0 Å². The zero-order chi connectivity index (χ0) is 17.6. The van der Waals surface area contributed by atoms with Gasteiger partial charge < -0.3 is 16.4 Å². The maximum Gasteiger partial charge on any atom is 0.277 e. The van der Waals surface area contributed by atoms with Gasteiger partial charge in [-0.2, -0.15) is 0 Å². The molecule has 7 heteroatoms. The van der Waals surface area contributed by atoms with Crippen molar-refractivity contribution in [2.75, 3.05) is 16.4 Å². The monoisotopic (exact) mass is 337 g/mol. The van der Waals surface area contributed by atoms with Crippen molar-refractivity contribution in [3.8, 4) is 0 Å². The summed E-state index contributed by atoms with van der Waals surface area (Å²) in [5, 5.41) is 5.82. The lowest BCUT2D eigenvalue weighted by molar-refractivity contribution is 0.101. The molecule has 0 atom stereocenters. The molecule has 1 amide bonds. The molecule has 3 rings (SSSR count). The zero-order valence-electron chi connectivity index (χ0n) is 13.2. The zero-order valence-corrected chi connectivity index (χ0v) is 13.2. The van der Waals surface area contributed by atoms with Gasteiger partial charge in [0, 0.05) is 24.6 Å². The van der Waals surface area contributed by atoms with E-state index in [0.29, 0.717) is 18.1 Å². The second-order valence-corrected chi connectivity index (χ2v) is 5.28. The predicted octanol–water partition coefficient (Wildman–Crippen LogP) is 3.06. The molecule has 126 valence electrons. The number of hydrogen-bond donors (Lipinski definition) is 3. The third kappa shape index (κ3) is 4.08. The lowest BCUT2D eigenvalue weighted by atomic mass is 10.2. The summed E-state index contributed by atoms with van der Waals surface area (Å²) in [6, 6.07) is 13.5. The number of carbonyl (C=O) groups excluding carboxylic acids is 1. The number of nitrogen functional groups attached to an aromatic ring is 1. The normalized spacial score (nSPS) is 10.3. The van der Waals surface area contributed by atoms with Crippen LogP contribution in [-0.2, 0) is 6.54 Å². The molecule has 0 bridgehead atoms. The van der Waals surface area contributed by atoms with Crippen molar-refractivity contribution >= 4 is 23.1 Å². The number of nitrogens with one attached hydrogen (secondary N) is 2. The van der Waals surface area contributed by atoms with E-state index in [4.69, 9.17) is 5.73 Å². The van der Waals surface area contributed by atoms with Crippen LogP contribution in [0.2, 0.25) is 0 Å². The van der Waals surface area contributed by atoms with E-state index in [1.165, 1.54) is 18.3 Å². The number of benzene rings is 1. The summed E-state index contributed by atoms with van der Waals surface area (Å²) >= 11 is 0. The van der Waals surface area contributed by atoms with E-state index >= 15 is 0 Å². The van der Waals surface area contributed by atoms with E-state index in [0.717, 1.165) is 11.3 Å². The highest BCUT2D eigenvalue weighted by Gasteiger charge is 2.13. The molecular formula is C18H16FN5O. The Morgan fingerprint density at radius 3 is 2.68 bits per heavy atom. The van der Waals surface area contributed by atoms with Crippen molar-refractivity contribution in [3.63, 3.8) is 0 Å². The lowest BCUT2D eigenvalue weighted by Gasteiger charge is -2.10. The fraction of sp³-hybridized carbons (Fsp3) is 0.0556. The van der Waals surface area contributed by atoms with Gasteiger partial charge in [-0.15, -0.1) is 0 Å². The largest absolute Gasteiger partial charge is 0.382 e. The predicted molar refractivity (Wildman–Crippen MR) is 94.6 cm³/mol. The SMILES string of the molecule is Nc1ncccc1NCc1cccc(NC(=O)c2ncccc2F)c1. The fourth-order valence-electron chi connectivity index (χ4n) is 2.27. The molecule has 0 radical (unpaired) electrons. The van der Waals surface area contributed by atoms with Crippen molar-refractivity contribution in [3.05, 3.63) is 78.0 Å². The number of amides is 1. The molecule has 0 saturated heterocycles. The number of nitrogens with two attached hydrogens (primary N) is 1. The number of rotatable bonds is 5. The van der Waals surface area contributed by atoms with Crippen molar-refractivity contribution < 1.29 is 9.18 Å². The van der Waals surface area contributed by atoms with Crippen LogP contribution in [0.1, 0.15) is 16.1 Å². The molecule has 2 heterocycles. The van der Waals surface area contributed by atoms with Gasteiger partial charge in [0.05, 0.1) is 5.69 Å². The van der Waals surface area contributed by atoms with Gasteiger partial charge in [-0.1, -0.05) is 12.1 Å². The van der Waals surface area contributed by atoms with Gasteiger partial charge in [-0.05, 0) is 42.0 Å². The first-order valence-corrected chi connectivity index (χ1v) is 7.58. The topological polar surface area (TPSA) is 92.9 Å². The van der Waals surface area contributed by atoms with Gasteiger partial charge >= 0.3 is 0 Å². The number of halogens is 1. The Labute approximate surface area is 143 Å². The summed E-state index contributed by atoms with van der Waals surface area (Å²) in [4.78, 5) is 19.9. The molecule has 0 spiro atoms. The first kappa shape index (κ1) is 16.4. The van der Waals surface area contributed by atoms with Crippen LogP contribution in [0, 0.1) is 5.82 Å². The van der Waals surface area contributed by atoms with Crippen LogP contribution in [0.15, 0.2) is 60.9 Å². The Bertz CT molecular complexity index is 900. The van der Waals surface area contributed by atoms with Crippen LogP contribution >= 0.6 is 0 Å². The van der Waals surface area contributed by atoms with Crippen molar-refractivity contribution in [1.82, 2.24) is 9.97 Å². The van der Waals surface area contributed by atoms with E-state index in [1.54, 1.807) is 30.5 Å². The molecule has 6 nitrogen and oxygen atoms in total. The minimum absolute atomic E-state index is 0.242. The second-order valence-electron chi connectivity index (χ2n) is 5.28. The van der Waals surface area contributed by atoms with E-state index < -0.39 is 11.7 Å². The minimum atomic E-state index is -0.662. The summed E-state index contributed by atoms with van der Waals surface area (Å²) in [6.07, 6.45) is 2.99. The highest BCUT2D eigenvalue weighted by atomic mass is 19.1. The van der Waals surface area contributed by atoms with E-state index in [2.05, 4.69) is 20.6 Å². The molecular weight excluding hydrogens is 321 g/mol. The molecule has 0 unspecified atom stereocenters. The molecule has 1 aromatic carbocycles. The molecule has 0 aliphatic heterocycles. The average Bonchev–Trinajstić information content (AvgIpc) is 2.62. The van der Waals surface area contributed by atoms with Gasteiger partial charge in [-0.3, -0.25) is 4.79 Å². The van der Waals surface area contributed by atoms with Gasteiger partial charge in [0.25, 0.3) is 5.91 Å². The van der Waals surface area contributed by atoms with Crippen LogP contribution in [0.3, 0.4) is 0 Å². The number of anilines is 3. The Balaban J connectivity index is 1.68. The fourth-order valence-corrected chi connectivity index (χ4v) is 2.27. The van der Waals surface area contributed by atoms with Crippen LogP contribution in [0.5, 0.6) is 0 Å². The number of aromatic nitrogens is 2. The van der Waals surface area contributed by atoms with Crippen LogP contribution < -0.4 is 16.4 Å². The number of pyridine rings is 2. The molecule has 25 heavy (non-hydrogen) atoms. The molecule has 0 saturated carbocycles. The second kappa shape index (κ2) is 7.39. The molecule has 0 aliphatic rings. The maximum absolute atomic E-state index is 13.6. The summed E-state index contributed by atoms with van der Waals surface area (Å²) in [5.74, 6) is -0.845. The summed E-state index contributed by atoms with van der Waals surface area (Å²) < 4.78 is 13.6. The Hall–Kier alpha value is -3.48. The smallest absolute Gasteiger partial charge is 0.277 e. The maximum atomic E-state index is 13.6. The quantitative estimate of drug-likeness (QED) is 0.665. The summed E-state index contributed by atoms with van der Waals surface area (Å²) in [7, 11) is 0. The Morgan fingerprint density at radius 1 is 1.08 bits per heavy atom. The molecule has 3 aromatic rings. The first-order chi connectivity index (χ1) is 12.1. The number of carbonyl (C=O) groups is 1. The Kier molecular flexibility index (Phi) is 4.84. The molecule has 0 fully saturated rings. The summed E-state index contributed by atoms with van der Waals surface area (Å²) in [6.45, 7) is 0.498. The molecule has 2 aromatic heterocycles.